The second-order valence-corrected chi connectivity index (χ2v) is 12.2. The Morgan fingerprint density at radius 1 is 0.886 bits per heavy atom. The Morgan fingerprint density at radius 3 is 2.34 bits per heavy atom. The summed E-state index contributed by atoms with van der Waals surface area (Å²) in [6.45, 7) is 7.61. The Kier molecular flexibility index (Phi) is 5.23. The summed E-state index contributed by atoms with van der Waals surface area (Å²) in [6, 6.07) is 17.7. The van der Waals surface area contributed by atoms with Gasteiger partial charge < -0.3 is 9.47 Å². The molecule has 0 N–H and O–H groups in total. The molecule has 1 unspecified atom stereocenters. The summed E-state index contributed by atoms with van der Waals surface area (Å²) in [5.41, 5.74) is 5.05. The van der Waals surface area contributed by atoms with Crippen molar-refractivity contribution >= 4 is 0 Å². The molecule has 0 amide bonds. The third kappa shape index (κ3) is 3.26. The zero-order valence-electron chi connectivity index (χ0n) is 21.2. The minimum absolute atomic E-state index is 0.0515. The van der Waals surface area contributed by atoms with E-state index in [9.17, 15) is 0 Å². The number of hydrogen-bond acceptors (Lipinski definition) is 4. The predicted molar refractivity (Wildman–Crippen MR) is 135 cm³/mol. The number of benzene rings is 2. The Morgan fingerprint density at radius 2 is 1.60 bits per heavy atom. The topological polar surface area (TPSA) is 36.9 Å². The first-order valence-corrected chi connectivity index (χ1v) is 13.8. The van der Waals surface area contributed by atoms with Gasteiger partial charge in [-0.15, -0.1) is 0 Å². The van der Waals surface area contributed by atoms with Crippen LogP contribution in [0.4, 0.5) is 0 Å². The molecule has 186 valence electrons. The van der Waals surface area contributed by atoms with Crippen LogP contribution < -0.4 is 0 Å². The van der Waals surface area contributed by atoms with Gasteiger partial charge in [-0.2, -0.15) is 0 Å². The van der Waals surface area contributed by atoms with Crippen molar-refractivity contribution in [1.29, 1.82) is 0 Å². The molecule has 35 heavy (non-hydrogen) atoms. The van der Waals surface area contributed by atoms with Gasteiger partial charge in [0.15, 0.2) is 6.29 Å². The van der Waals surface area contributed by atoms with Crippen molar-refractivity contribution in [3.63, 3.8) is 0 Å². The van der Waals surface area contributed by atoms with Crippen molar-refractivity contribution in [1.82, 2.24) is 0 Å². The molecule has 0 aromatic heterocycles. The van der Waals surface area contributed by atoms with Crippen LogP contribution in [0, 0.1) is 23.7 Å². The maximum atomic E-state index is 6.83. The van der Waals surface area contributed by atoms with Crippen LogP contribution in [0.5, 0.6) is 0 Å². The summed E-state index contributed by atoms with van der Waals surface area (Å²) in [4.78, 5) is 12.5. The first-order valence-electron chi connectivity index (χ1n) is 13.8. The fourth-order valence-electron chi connectivity index (χ4n) is 8.48. The standard InChI is InChI=1S/C31H38O4/c1-19-12-13-27-20(2)29(33-28-18-30(3)16-14-26(19)31(27,28)35-34-30)32-17-15-25-23-10-6-4-8-21(23)22-9-5-7-11-24(22)25/h4-11,19-20,25-29H,12-18H2,1-3H3/t19-,20-,26+,27+,28-,29?,30-,31-/m1/s1. The van der Waals surface area contributed by atoms with E-state index in [2.05, 4.69) is 69.3 Å². The van der Waals surface area contributed by atoms with Gasteiger partial charge in [0.25, 0.3) is 0 Å². The smallest absolute Gasteiger partial charge is 0.160 e. The zero-order valence-corrected chi connectivity index (χ0v) is 21.2. The predicted octanol–water partition coefficient (Wildman–Crippen LogP) is 6.87. The van der Waals surface area contributed by atoms with Crippen LogP contribution in [-0.4, -0.2) is 30.2 Å². The highest BCUT2D eigenvalue weighted by Crippen LogP contribution is 2.61. The average Bonchev–Trinajstić information content (AvgIpc) is 3.00. The third-order valence-corrected chi connectivity index (χ3v) is 10.3. The molecule has 8 rings (SSSR count). The van der Waals surface area contributed by atoms with E-state index in [1.165, 1.54) is 41.5 Å². The Labute approximate surface area is 209 Å². The van der Waals surface area contributed by atoms with Crippen molar-refractivity contribution in [2.24, 2.45) is 23.7 Å². The molecule has 2 aromatic rings. The fraction of sp³-hybridized carbons (Fsp3) is 0.613. The maximum absolute atomic E-state index is 6.83. The van der Waals surface area contributed by atoms with E-state index in [-0.39, 0.29) is 29.5 Å². The fourth-order valence-corrected chi connectivity index (χ4v) is 8.48. The van der Waals surface area contributed by atoms with Crippen LogP contribution in [0.15, 0.2) is 48.5 Å². The molecule has 8 atom stereocenters. The molecule has 2 bridgehead atoms. The monoisotopic (exact) mass is 474 g/mol. The van der Waals surface area contributed by atoms with E-state index < -0.39 is 0 Å². The van der Waals surface area contributed by atoms with E-state index in [4.69, 9.17) is 19.2 Å². The van der Waals surface area contributed by atoms with Gasteiger partial charge in [-0.25, -0.2) is 9.78 Å². The van der Waals surface area contributed by atoms with Gasteiger partial charge in [0.05, 0.1) is 12.7 Å². The molecule has 3 aliphatic heterocycles. The van der Waals surface area contributed by atoms with E-state index in [0.29, 0.717) is 30.3 Å². The lowest BCUT2D eigenvalue weighted by atomic mass is 9.56. The van der Waals surface area contributed by atoms with E-state index in [0.717, 1.165) is 19.3 Å². The SMILES string of the molecule is C[C@@H]1CC[C@H]2[C@@H](C)C(OCCC3c4ccccc4-c4ccccc43)O[C@@H]3C[C@@]4(C)CC[C@@H]1[C@]32OO4. The number of fused-ring (bicyclic) bond motifs is 5. The van der Waals surface area contributed by atoms with Crippen LogP contribution in [-0.2, 0) is 19.2 Å². The number of ether oxygens (including phenoxy) is 2. The first-order chi connectivity index (χ1) is 17.0. The van der Waals surface area contributed by atoms with Crippen LogP contribution in [0.2, 0.25) is 0 Å². The van der Waals surface area contributed by atoms with Gasteiger partial charge in [-0.3, -0.25) is 0 Å². The van der Waals surface area contributed by atoms with Crippen LogP contribution in [0.25, 0.3) is 11.1 Å². The Hall–Kier alpha value is -1.72. The highest BCUT2D eigenvalue weighted by Gasteiger charge is 2.68. The Balaban J connectivity index is 1.11. The molecule has 4 nitrogen and oxygen atoms in total. The van der Waals surface area contributed by atoms with Crippen molar-refractivity contribution in [2.75, 3.05) is 6.61 Å². The van der Waals surface area contributed by atoms with Gasteiger partial charge >= 0.3 is 0 Å². The summed E-state index contributed by atoms with van der Waals surface area (Å²) < 4.78 is 13.4. The molecule has 1 spiro atoms. The summed E-state index contributed by atoms with van der Waals surface area (Å²) in [5.74, 6) is 2.25. The molecule has 3 saturated heterocycles. The van der Waals surface area contributed by atoms with Gasteiger partial charge in [-0.1, -0.05) is 62.4 Å². The second kappa shape index (κ2) is 8.14. The molecule has 2 saturated carbocycles. The van der Waals surface area contributed by atoms with Crippen molar-refractivity contribution < 1.29 is 19.2 Å². The lowest BCUT2D eigenvalue weighted by molar-refractivity contribution is -0.495. The molecule has 3 heterocycles. The van der Waals surface area contributed by atoms with E-state index in [1.807, 2.05) is 0 Å². The van der Waals surface area contributed by atoms with Crippen LogP contribution >= 0.6 is 0 Å². The highest BCUT2D eigenvalue weighted by atomic mass is 17.2. The molecule has 3 aliphatic carbocycles. The third-order valence-electron chi connectivity index (χ3n) is 10.3. The van der Waals surface area contributed by atoms with Crippen molar-refractivity contribution in [3.05, 3.63) is 59.7 Å². The van der Waals surface area contributed by atoms with Crippen LogP contribution in [0.1, 0.15) is 76.3 Å². The van der Waals surface area contributed by atoms with Gasteiger partial charge in [-0.05, 0) is 73.1 Å². The second-order valence-electron chi connectivity index (χ2n) is 12.2. The molecule has 0 radical (unpaired) electrons. The first kappa shape index (κ1) is 22.5. The van der Waals surface area contributed by atoms with Gasteiger partial charge in [0.1, 0.15) is 11.2 Å². The largest absolute Gasteiger partial charge is 0.352 e. The average molecular weight is 475 g/mol. The molecule has 2 aromatic carbocycles. The summed E-state index contributed by atoms with van der Waals surface area (Å²) >= 11 is 0. The lowest BCUT2D eigenvalue weighted by Gasteiger charge is -2.61. The highest BCUT2D eigenvalue weighted by molar-refractivity contribution is 5.78. The lowest BCUT2D eigenvalue weighted by Crippen LogP contribution is -2.69. The maximum Gasteiger partial charge on any atom is 0.160 e. The van der Waals surface area contributed by atoms with Gasteiger partial charge in [0.2, 0.25) is 0 Å². The molecule has 5 fully saturated rings. The minimum atomic E-state index is -0.309. The van der Waals surface area contributed by atoms with Crippen LogP contribution in [0.3, 0.4) is 0 Å². The summed E-state index contributed by atoms with van der Waals surface area (Å²) in [7, 11) is 0. The minimum Gasteiger partial charge on any atom is -0.352 e. The molecular formula is C31H38O4. The molecule has 4 heteroatoms. The summed E-state index contributed by atoms with van der Waals surface area (Å²) in [6.07, 6.45) is 6.40. The van der Waals surface area contributed by atoms with Crippen molar-refractivity contribution in [2.45, 2.75) is 88.8 Å². The van der Waals surface area contributed by atoms with Gasteiger partial charge in [0, 0.05) is 24.2 Å². The van der Waals surface area contributed by atoms with E-state index in [1.54, 1.807) is 0 Å². The van der Waals surface area contributed by atoms with Crippen molar-refractivity contribution in [3.8, 4) is 11.1 Å². The molecule has 6 aliphatic rings. The normalized spacial score (nSPS) is 41.7. The number of hydrogen-bond donors (Lipinski definition) is 0. The quantitative estimate of drug-likeness (QED) is 0.453. The van der Waals surface area contributed by atoms with E-state index >= 15 is 0 Å². The summed E-state index contributed by atoms with van der Waals surface area (Å²) in [5, 5.41) is 0. The Bertz CT molecular complexity index is 1070. The number of rotatable bonds is 4. The zero-order chi connectivity index (χ0) is 23.8. The molecular weight excluding hydrogens is 436 g/mol.